The number of benzene rings is 1. The normalized spacial score (nSPS) is 11.4. The summed E-state index contributed by atoms with van der Waals surface area (Å²) in [5.74, 6) is 0. The van der Waals surface area contributed by atoms with Gasteiger partial charge in [-0.1, -0.05) is 12.1 Å². The quantitative estimate of drug-likeness (QED) is 0.819. The molecule has 0 saturated heterocycles. The fourth-order valence-corrected chi connectivity index (χ4v) is 0.982. The third kappa shape index (κ3) is 3.66. The standard InChI is InChI=1S/C9H10F3NO/c1-13-8-4-2-3-7(5-8)6-14-9(10,11)12/h2-5,13H,6H2,1H3. The Hall–Kier alpha value is -1.23. The van der Waals surface area contributed by atoms with Gasteiger partial charge in [0.15, 0.2) is 0 Å². The van der Waals surface area contributed by atoms with Crippen LogP contribution in [-0.2, 0) is 11.3 Å². The number of rotatable bonds is 3. The monoisotopic (exact) mass is 205 g/mol. The third-order valence-corrected chi connectivity index (χ3v) is 1.62. The van der Waals surface area contributed by atoms with Gasteiger partial charge in [0.1, 0.15) is 0 Å². The van der Waals surface area contributed by atoms with E-state index in [4.69, 9.17) is 0 Å². The molecule has 1 rings (SSSR count). The van der Waals surface area contributed by atoms with Crippen LogP contribution < -0.4 is 5.32 Å². The molecule has 0 unspecified atom stereocenters. The highest BCUT2D eigenvalue weighted by Gasteiger charge is 2.28. The molecule has 0 radical (unpaired) electrons. The Kier molecular flexibility index (Phi) is 3.35. The van der Waals surface area contributed by atoms with Gasteiger partial charge in [0, 0.05) is 12.7 Å². The first kappa shape index (κ1) is 10.8. The minimum Gasteiger partial charge on any atom is -0.388 e. The molecule has 0 aliphatic heterocycles. The Bertz CT molecular complexity index is 298. The van der Waals surface area contributed by atoms with Crippen LogP contribution in [0.3, 0.4) is 0 Å². The van der Waals surface area contributed by atoms with Gasteiger partial charge in [-0.2, -0.15) is 0 Å². The summed E-state index contributed by atoms with van der Waals surface area (Å²) < 4.78 is 38.7. The molecule has 0 aromatic heterocycles. The molecular formula is C9H10F3NO. The van der Waals surface area contributed by atoms with Gasteiger partial charge in [-0.05, 0) is 17.7 Å². The van der Waals surface area contributed by atoms with E-state index in [1.54, 1.807) is 31.3 Å². The number of anilines is 1. The first-order valence-electron chi connectivity index (χ1n) is 3.98. The second-order valence-corrected chi connectivity index (χ2v) is 2.68. The Morgan fingerprint density at radius 3 is 2.64 bits per heavy atom. The molecule has 0 spiro atoms. The van der Waals surface area contributed by atoms with Gasteiger partial charge in [-0.15, -0.1) is 13.2 Å². The van der Waals surface area contributed by atoms with Crippen molar-refractivity contribution in [3.8, 4) is 0 Å². The highest BCUT2D eigenvalue weighted by atomic mass is 19.4. The van der Waals surface area contributed by atoms with Crippen LogP contribution in [0.4, 0.5) is 18.9 Å². The lowest BCUT2D eigenvalue weighted by molar-refractivity contribution is -0.330. The Morgan fingerprint density at radius 1 is 1.36 bits per heavy atom. The van der Waals surface area contributed by atoms with Gasteiger partial charge in [0.2, 0.25) is 0 Å². The van der Waals surface area contributed by atoms with Crippen LogP contribution in [0.15, 0.2) is 24.3 Å². The lowest BCUT2D eigenvalue weighted by Gasteiger charge is -2.08. The van der Waals surface area contributed by atoms with E-state index < -0.39 is 13.0 Å². The molecule has 0 saturated carbocycles. The zero-order valence-corrected chi connectivity index (χ0v) is 7.56. The lowest BCUT2D eigenvalue weighted by Crippen LogP contribution is -2.12. The molecule has 78 valence electrons. The maximum Gasteiger partial charge on any atom is 0.522 e. The molecule has 0 fully saturated rings. The topological polar surface area (TPSA) is 21.3 Å². The molecule has 5 heteroatoms. The van der Waals surface area contributed by atoms with Crippen LogP contribution in [0.25, 0.3) is 0 Å². The number of hydrogen-bond donors (Lipinski definition) is 1. The third-order valence-electron chi connectivity index (χ3n) is 1.62. The molecule has 0 aliphatic rings. The molecule has 1 aromatic rings. The van der Waals surface area contributed by atoms with Crippen molar-refractivity contribution in [2.45, 2.75) is 13.0 Å². The highest BCUT2D eigenvalue weighted by molar-refractivity contribution is 5.44. The summed E-state index contributed by atoms with van der Waals surface area (Å²) in [6, 6.07) is 6.61. The molecule has 0 heterocycles. The van der Waals surface area contributed by atoms with E-state index in [1.807, 2.05) is 0 Å². The van der Waals surface area contributed by atoms with Gasteiger partial charge >= 0.3 is 6.36 Å². The van der Waals surface area contributed by atoms with E-state index in [2.05, 4.69) is 10.1 Å². The van der Waals surface area contributed by atoms with E-state index in [0.29, 0.717) is 5.56 Å². The summed E-state index contributed by atoms with van der Waals surface area (Å²) in [7, 11) is 1.70. The number of ether oxygens (including phenoxy) is 1. The van der Waals surface area contributed by atoms with E-state index in [0.717, 1.165) is 5.69 Å². The molecule has 0 aliphatic carbocycles. The largest absolute Gasteiger partial charge is 0.522 e. The van der Waals surface area contributed by atoms with Crippen LogP contribution in [0.2, 0.25) is 0 Å². The SMILES string of the molecule is CNc1cccc(COC(F)(F)F)c1. The molecule has 0 bridgehead atoms. The maximum absolute atomic E-state index is 11.7. The summed E-state index contributed by atoms with van der Waals surface area (Å²) >= 11 is 0. The Balaban J connectivity index is 2.59. The number of hydrogen-bond acceptors (Lipinski definition) is 2. The van der Waals surface area contributed by atoms with Crippen molar-refractivity contribution in [3.63, 3.8) is 0 Å². The van der Waals surface area contributed by atoms with Crippen LogP contribution in [0.1, 0.15) is 5.56 Å². The molecule has 2 nitrogen and oxygen atoms in total. The second kappa shape index (κ2) is 4.32. The average Bonchev–Trinajstić information content (AvgIpc) is 2.14. The summed E-state index contributed by atoms with van der Waals surface area (Å²) in [6.45, 7) is -0.459. The van der Waals surface area contributed by atoms with Gasteiger partial charge < -0.3 is 5.32 Å². The molecule has 14 heavy (non-hydrogen) atoms. The van der Waals surface area contributed by atoms with E-state index in [1.165, 1.54) is 0 Å². The molecule has 1 aromatic carbocycles. The Morgan fingerprint density at radius 2 is 2.07 bits per heavy atom. The number of nitrogens with one attached hydrogen (secondary N) is 1. The Labute approximate surface area is 79.7 Å². The van der Waals surface area contributed by atoms with E-state index in [9.17, 15) is 13.2 Å². The van der Waals surface area contributed by atoms with Crippen LogP contribution >= 0.6 is 0 Å². The first-order chi connectivity index (χ1) is 6.51. The fraction of sp³-hybridized carbons (Fsp3) is 0.333. The van der Waals surface area contributed by atoms with Crippen molar-refractivity contribution in [1.29, 1.82) is 0 Å². The molecule has 1 N–H and O–H groups in total. The first-order valence-corrected chi connectivity index (χ1v) is 3.98. The van der Waals surface area contributed by atoms with E-state index >= 15 is 0 Å². The fourth-order valence-electron chi connectivity index (χ4n) is 0.982. The maximum atomic E-state index is 11.7. The van der Waals surface area contributed by atoms with Crippen LogP contribution in [0, 0.1) is 0 Å². The zero-order chi connectivity index (χ0) is 10.6. The predicted molar refractivity (Wildman–Crippen MR) is 46.8 cm³/mol. The van der Waals surface area contributed by atoms with Crippen LogP contribution in [-0.4, -0.2) is 13.4 Å². The number of halogens is 3. The van der Waals surface area contributed by atoms with E-state index in [-0.39, 0.29) is 0 Å². The van der Waals surface area contributed by atoms with Crippen molar-refractivity contribution in [2.24, 2.45) is 0 Å². The lowest BCUT2D eigenvalue weighted by atomic mass is 10.2. The predicted octanol–water partition coefficient (Wildman–Crippen LogP) is 2.76. The van der Waals surface area contributed by atoms with Crippen molar-refractivity contribution >= 4 is 5.69 Å². The van der Waals surface area contributed by atoms with Crippen molar-refractivity contribution in [2.75, 3.05) is 12.4 Å². The number of alkyl halides is 3. The van der Waals surface area contributed by atoms with Gasteiger partial charge in [0.05, 0.1) is 6.61 Å². The van der Waals surface area contributed by atoms with Crippen molar-refractivity contribution in [3.05, 3.63) is 29.8 Å². The van der Waals surface area contributed by atoms with Crippen LogP contribution in [0.5, 0.6) is 0 Å². The molecule has 0 atom stereocenters. The highest BCUT2D eigenvalue weighted by Crippen LogP contribution is 2.19. The van der Waals surface area contributed by atoms with Crippen molar-refractivity contribution in [1.82, 2.24) is 0 Å². The van der Waals surface area contributed by atoms with Gasteiger partial charge in [0.25, 0.3) is 0 Å². The smallest absolute Gasteiger partial charge is 0.388 e. The zero-order valence-electron chi connectivity index (χ0n) is 7.56. The summed E-state index contributed by atoms with van der Waals surface area (Å²) in [6.07, 6.45) is -4.57. The summed E-state index contributed by atoms with van der Waals surface area (Å²) in [4.78, 5) is 0. The summed E-state index contributed by atoms with van der Waals surface area (Å²) in [5, 5.41) is 2.83. The summed E-state index contributed by atoms with van der Waals surface area (Å²) in [5.41, 5.74) is 1.24. The minimum absolute atomic E-state index is 0.459. The van der Waals surface area contributed by atoms with Gasteiger partial charge in [-0.3, -0.25) is 4.74 Å². The average molecular weight is 205 g/mol. The van der Waals surface area contributed by atoms with Crippen molar-refractivity contribution < 1.29 is 17.9 Å². The minimum atomic E-state index is -4.57. The second-order valence-electron chi connectivity index (χ2n) is 2.68. The van der Waals surface area contributed by atoms with Gasteiger partial charge in [-0.25, -0.2) is 0 Å². The molecular weight excluding hydrogens is 195 g/mol. The molecule has 0 amide bonds.